The quantitative estimate of drug-likeness (QED) is 0.476. The van der Waals surface area contributed by atoms with Gasteiger partial charge in [0.2, 0.25) is 6.33 Å². The van der Waals surface area contributed by atoms with Crippen molar-refractivity contribution in [2.45, 2.75) is 52.0 Å². The third-order valence-corrected chi connectivity index (χ3v) is 2.59. The fourth-order valence-corrected chi connectivity index (χ4v) is 1.71. The lowest BCUT2D eigenvalue weighted by Crippen LogP contribution is -3.00. The zero-order valence-electron chi connectivity index (χ0n) is 9.95. The zero-order valence-corrected chi connectivity index (χ0v) is 11.5. The van der Waals surface area contributed by atoms with Crippen molar-refractivity contribution in [3.63, 3.8) is 0 Å². The van der Waals surface area contributed by atoms with E-state index < -0.39 is 0 Å². The summed E-state index contributed by atoms with van der Waals surface area (Å²) in [6.45, 7) is 3.44. The minimum Gasteiger partial charge on any atom is -1.00 e. The van der Waals surface area contributed by atoms with Crippen molar-refractivity contribution in [1.29, 1.82) is 0 Å². The third-order valence-electron chi connectivity index (χ3n) is 2.59. The number of aromatic nitrogens is 2. The molecule has 0 atom stereocenters. The molecular weight excluding hydrogens is 252 g/mol. The number of unbranched alkanes of at least 4 members (excludes halogenated alkanes) is 5. The molecule has 0 bridgehead atoms. The molecule has 88 valence electrons. The summed E-state index contributed by atoms with van der Waals surface area (Å²) in [6, 6.07) is 0. The molecule has 0 N–H and O–H groups in total. The summed E-state index contributed by atoms with van der Waals surface area (Å²) in [5.74, 6) is 0. The number of aryl methyl sites for hydroxylation is 2. The van der Waals surface area contributed by atoms with Gasteiger partial charge < -0.3 is 17.0 Å². The number of rotatable bonds is 7. The molecule has 0 aliphatic heterocycles. The van der Waals surface area contributed by atoms with Crippen LogP contribution in [0.25, 0.3) is 0 Å². The Kier molecular flexibility index (Phi) is 8.77. The first-order chi connectivity index (χ1) is 6.83. The Bertz CT molecular complexity index is 246. The fourth-order valence-electron chi connectivity index (χ4n) is 1.71. The van der Waals surface area contributed by atoms with Crippen molar-refractivity contribution in [3.05, 3.63) is 18.7 Å². The Labute approximate surface area is 104 Å². The number of imidazole rings is 1. The van der Waals surface area contributed by atoms with Crippen LogP contribution in [-0.2, 0) is 13.6 Å². The zero-order chi connectivity index (χ0) is 10.2. The van der Waals surface area contributed by atoms with Crippen LogP contribution in [0.2, 0.25) is 0 Å². The van der Waals surface area contributed by atoms with Crippen molar-refractivity contribution >= 4 is 0 Å². The molecule has 1 heterocycles. The van der Waals surface area contributed by atoms with Gasteiger partial charge in [-0.1, -0.05) is 32.6 Å². The molecule has 0 saturated carbocycles. The first-order valence-corrected chi connectivity index (χ1v) is 5.84. The first kappa shape index (κ1) is 14.7. The highest BCUT2D eigenvalue weighted by Crippen LogP contribution is 2.05. The van der Waals surface area contributed by atoms with Gasteiger partial charge in [0.1, 0.15) is 12.4 Å². The van der Waals surface area contributed by atoms with E-state index in [1.54, 1.807) is 0 Å². The summed E-state index contributed by atoms with van der Waals surface area (Å²) in [4.78, 5) is 0. The van der Waals surface area contributed by atoms with Crippen molar-refractivity contribution in [2.24, 2.45) is 7.05 Å². The van der Waals surface area contributed by atoms with Gasteiger partial charge in [0.25, 0.3) is 0 Å². The highest BCUT2D eigenvalue weighted by Gasteiger charge is 1.98. The van der Waals surface area contributed by atoms with Crippen LogP contribution in [0.15, 0.2) is 18.7 Å². The lowest BCUT2D eigenvalue weighted by atomic mass is 10.1. The predicted octanol–water partition coefficient (Wildman–Crippen LogP) is -0.323. The van der Waals surface area contributed by atoms with Gasteiger partial charge in [-0.25, -0.2) is 9.13 Å². The van der Waals surface area contributed by atoms with Gasteiger partial charge in [-0.3, -0.25) is 0 Å². The maximum Gasteiger partial charge on any atom is 0.243 e. The maximum atomic E-state index is 2.26. The number of halogens is 1. The lowest BCUT2D eigenvalue weighted by Gasteiger charge is -1.98. The van der Waals surface area contributed by atoms with Crippen molar-refractivity contribution < 1.29 is 21.5 Å². The molecule has 1 aromatic rings. The van der Waals surface area contributed by atoms with Gasteiger partial charge in [-0.05, 0) is 12.8 Å². The molecule has 0 saturated heterocycles. The summed E-state index contributed by atoms with van der Waals surface area (Å²) in [6.07, 6.45) is 14.6. The van der Waals surface area contributed by atoms with Crippen LogP contribution >= 0.6 is 0 Å². The normalized spacial score (nSPS) is 10.0. The Hall–Kier alpha value is -0.310. The summed E-state index contributed by atoms with van der Waals surface area (Å²) in [5.41, 5.74) is 0. The number of nitrogens with zero attached hydrogens (tertiary/aromatic N) is 2. The van der Waals surface area contributed by atoms with Crippen LogP contribution < -0.4 is 21.5 Å². The van der Waals surface area contributed by atoms with E-state index in [0.29, 0.717) is 0 Å². The molecule has 0 fully saturated rings. The molecule has 1 aromatic heterocycles. The van der Waals surface area contributed by atoms with E-state index in [1.165, 1.54) is 45.1 Å². The fraction of sp³-hybridized carbons (Fsp3) is 0.750. The summed E-state index contributed by atoms with van der Waals surface area (Å²) in [5, 5.41) is 0. The van der Waals surface area contributed by atoms with E-state index in [0.717, 1.165) is 0 Å². The van der Waals surface area contributed by atoms with Crippen LogP contribution in [0.1, 0.15) is 45.4 Å². The molecule has 0 aliphatic carbocycles. The van der Waals surface area contributed by atoms with Crippen LogP contribution in [0.4, 0.5) is 0 Å². The van der Waals surface area contributed by atoms with Crippen LogP contribution in [0.5, 0.6) is 0 Å². The van der Waals surface area contributed by atoms with E-state index in [4.69, 9.17) is 0 Å². The molecule has 3 heteroatoms. The third kappa shape index (κ3) is 6.72. The first-order valence-electron chi connectivity index (χ1n) is 5.84. The van der Waals surface area contributed by atoms with Gasteiger partial charge >= 0.3 is 0 Å². The van der Waals surface area contributed by atoms with Gasteiger partial charge in [-0.15, -0.1) is 0 Å². The molecule has 0 spiro atoms. The minimum absolute atomic E-state index is 0. The maximum absolute atomic E-state index is 2.26. The largest absolute Gasteiger partial charge is 1.00 e. The Morgan fingerprint density at radius 1 is 1.07 bits per heavy atom. The summed E-state index contributed by atoms with van der Waals surface area (Å²) >= 11 is 0. The molecule has 2 nitrogen and oxygen atoms in total. The standard InChI is InChI=1S/C12H23N2.BrH/c1-3-4-5-6-7-8-9-14-11-10-13(2)12-14;/h10-12H,3-9H2,1-2H3;1H/q+1;/p-1. The van der Waals surface area contributed by atoms with Crippen molar-refractivity contribution in [3.8, 4) is 0 Å². The Morgan fingerprint density at radius 3 is 2.33 bits per heavy atom. The van der Waals surface area contributed by atoms with Gasteiger partial charge in [0, 0.05) is 0 Å². The average Bonchev–Trinajstić information content (AvgIpc) is 2.58. The SMILES string of the molecule is CCCCCCCCn1cc[n+](C)c1.[Br-]. The molecule has 0 unspecified atom stereocenters. The van der Waals surface area contributed by atoms with E-state index in [2.05, 4.69) is 41.8 Å². The molecule has 0 radical (unpaired) electrons. The van der Waals surface area contributed by atoms with Crippen molar-refractivity contribution in [1.82, 2.24) is 4.57 Å². The van der Waals surface area contributed by atoms with Gasteiger partial charge in [-0.2, -0.15) is 0 Å². The number of hydrogen-bond acceptors (Lipinski definition) is 0. The second-order valence-electron chi connectivity index (χ2n) is 4.08. The molecule has 0 aliphatic rings. The van der Waals surface area contributed by atoms with Gasteiger partial charge in [0.15, 0.2) is 0 Å². The monoisotopic (exact) mass is 274 g/mol. The molecular formula is C12H23BrN2. The van der Waals surface area contributed by atoms with E-state index in [9.17, 15) is 0 Å². The van der Waals surface area contributed by atoms with Crippen LogP contribution in [-0.4, -0.2) is 4.57 Å². The topological polar surface area (TPSA) is 8.81 Å². The van der Waals surface area contributed by atoms with E-state index in [-0.39, 0.29) is 17.0 Å². The Balaban J connectivity index is 0.00000196. The predicted molar refractivity (Wildman–Crippen MR) is 59.0 cm³/mol. The molecule has 0 aromatic carbocycles. The average molecular weight is 275 g/mol. The summed E-state index contributed by atoms with van der Waals surface area (Å²) < 4.78 is 4.36. The highest BCUT2D eigenvalue weighted by atomic mass is 79.9. The molecule has 15 heavy (non-hydrogen) atoms. The second kappa shape index (κ2) is 8.96. The smallest absolute Gasteiger partial charge is 0.243 e. The Morgan fingerprint density at radius 2 is 1.73 bits per heavy atom. The highest BCUT2D eigenvalue weighted by molar-refractivity contribution is 4.65. The second-order valence-corrected chi connectivity index (χ2v) is 4.08. The van der Waals surface area contributed by atoms with Crippen molar-refractivity contribution in [2.75, 3.05) is 0 Å². The molecule has 0 amide bonds. The number of hydrogen-bond donors (Lipinski definition) is 0. The van der Waals surface area contributed by atoms with E-state index >= 15 is 0 Å². The van der Waals surface area contributed by atoms with Crippen LogP contribution in [0, 0.1) is 0 Å². The summed E-state index contributed by atoms with van der Waals surface area (Å²) in [7, 11) is 2.07. The molecule has 1 rings (SSSR count). The van der Waals surface area contributed by atoms with Gasteiger partial charge in [0.05, 0.1) is 13.6 Å². The van der Waals surface area contributed by atoms with Crippen LogP contribution in [0.3, 0.4) is 0 Å². The lowest BCUT2D eigenvalue weighted by molar-refractivity contribution is -0.671. The minimum atomic E-state index is 0. The van der Waals surface area contributed by atoms with E-state index in [1.807, 2.05) is 0 Å².